The Hall–Kier alpha value is -0.980. The van der Waals surface area contributed by atoms with Gasteiger partial charge in [-0.1, -0.05) is 12.8 Å². The number of aliphatic hydroxyl groups is 1. The molecule has 3 unspecified atom stereocenters. The van der Waals surface area contributed by atoms with Crippen LogP contribution in [0.3, 0.4) is 0 Å². The molecule has 0 radical (unpaired) electrons. The summed E-state index contributed by atoms with van der Waals surface area (Å²) < 4.78 is 37.7. The first-order chi connectivity index (χ1) is 9.97. The van der Waals surface area contributed by atoms with Crippen LogP contribution in [-0.2, 0) is 9.84 Å². The Bertz CT molecular complexity index is 632. The predicted molar refractivity (Wildman–Crippen MR) is 77.2 cm³/mol. The van der Waals surface area contributed by atoms with E-state index in [0.29, 0.717) is 12.0 Å². The molecule has 3 rings (SSSR count). The van der Waals surface area contributed by atoms with Crippen LogP contribution in [0.2, 0.25) is 0 Å². The number of benzene rings is 1. The van der Waals surface area contributed by atoms with Crippen LogP contribution in [0.1, 0.15) is 43.7 Å². The Morgan fingerprint density at radius 2 is 1.95 bits per heavy atom. The first-order valence-electron chi connectivity index (χ1n) is 7.44. The van der Waals surface area contributed by atoms with Crippen molar-refractivity contribution in [3.05, 3.63) is 29.6 Å². The van der Waals surface area contributed by atoms with Crippen LogP contribution in [0.5, 0.6) is 0 Å². The van der Waals surface area contributed by atoms with Gasteiger partial charge in [-0.25, -0.2) is 12.8 Å². The molecule has 1 aromatic carbocycles. The Morgan fingerprint density at radius 3 is 2.71 bits per heavy atom. The van der Waals surface area contributed by atoms with Gasteiger partial charge in [0.25, 0.3) is 0 Å². The van der Waals surface area contributed by atoms with Gasteiger partial charge in [-0.3, -0.25) is 0 Å². The Labute approximate surface area is 124 Å². The van der Waals surface area contributed by atoms with Crippen molar-refractivity contribution in [1.29, 1.82) is 0 Å². The minimum Gasteiger partial charge on any atom is -0.392 e. The van der Waals surface area contributed by atoms with E-state index in [2.05, 4.69) is 5.32 Å². The molecule has 2 aliphatic rings. The lowest BCUT2D eigenvalue weighted by atomic mass is 9.91. The highest BCUT2D eigenvalue weighted by molar-refractivity contribution is 7.91. The monoisotopic (exact) mass is 313 g/mol. The van der Waals surface area contributed by atoms with E-state index in [9.17, 15) is 17.9 Å². The van der Waals surface area contributed by atoms with E-state index in [0.717, 1.165) is 25.7 Å². The summed E-state index contributed by atoms with van der Waals surface area (Å²) in [6.45, 7) is 0. The number of aliphatic hydroxyl groups excluding tert-OH is 1. The van der Waals surface area contributed by atoms with Gasteiger partial charge in [0.15, 0.2) is 9.84 Å². The molecule has 1 aliphatic carbocycles. The molecule has 0 bridgehead atoms. The molecule has 1 heterocycles. The number of sulfone groups is 1. The lowest BCUT2D eigenvalue weighted by molar-refractivity contribution is 0.0841. The average Bonchev–Trinajstić information content (AvgIpc) is 2.44. The number of rotatable bonds is 2. The highest BCUT2D eigenvalue weighted by Gasteiger charge is 2.33. The molecule has 0 spiro atoms. The highest BCUT2D eigenvalue weighted by atomic mass is 32.2. The minimum atomic E-state index is -3.32. The fraction of sp³-hybridized carbons (Fsp3) is 0.600. The maximum Gasteiger partial charge on any atom is 0.178 e. The van der Waals surface area contributed by atoms with E-state index in [-0.39, 0.29) is 22.7 Å². The molecule has 4 nitrogen and oxygen atoms in total. The van der Waals surface area contributed by atoms with Crippen molar-refractivity contribution in [2.24, 2.45) is 0 Å². The van der Waals surface area contributed by atoms with E-state index in [4.69, 9.17) is 0 Å². The van der Waals surface area contributed by atoms with Crippen LogP contribution < -0.4 is 5.32 Å². The molecular weight excluding hydrogens is 293 g/mol. The van der Waals surface area contributed by atoms with Gasteiger partial charge in [-0.2, -0.15) is 0 Å². The Morgan fingerprint density at radius 1 is 1.19 bits per heavy atom. The molecule has 3 atom stereocenters. The molecule has 21 heavy (non-hydrogen) atoms. The summed E-state index contributed by atoms with van der Waals surface area (Å²) >= 11 is 0. The normalized spacial score (nSPS) is 31.6. The fourth-order valence-corrected chi connectivity index (χ4v) is 4.95. The highest BCUT2D eigenvalue weighted by Crippen LogP contribution is 2.34. The van der Waals surface area contributed by atoms with Crippen LogP contribution in [0.25, 0.3) is 0 Å². The van der Waals surface area contributed by atoms with Gasteiger partial charge in [0.2, 0.25) is 0 Å². The fourth-order valence-electron chi connectivity index (χ4n) is 3.35. The molecule has 1 saturated carbocycles. The number of nitrogens with one attached hydrogen (secondary N) is 1. The van der Waals surface area contributed by atoms with Gasteiger partial charge in [-0.15, -0.1) is 0 Å². The average molecular weight is 313 g/mol. The van der Waals surface area contributed by atoms with Gasteiger partial charge in [0, 0.05) is 12.1 Å². The predicted octanol–water partition coefficient (Wildman–Crippen LogP) is 1.94. The number of hydrogen-bond acceptors (Lipinski definition) is 4. The second-order valence-electron chi connectivity index (χ2n) is 5.97. The van der Waals surface area contributed by atoms with E-state index < -0.39 is 21.8 Å². The van der Waals surface area contributed by atoms with Crippen molar-refractivity contribution >= 4 is 9.84 Å². The van der Waals surface area contributed by atoms with Crippen LogP contribution >= 0.6 is 0 Å². The second-order valence-corrected chi connectivity index (χ2v) is 8.04. The van der Waals surface area contributed by atoms with Gasteiger partial charge < -0.3 is 10.4 Å². The molecule has 0 saturated heterocycles. The van der Waals surface area contributed by atoms with Crippen molar-refractivity contribution < 1.29 is 17.9 Å². The van der Waals surface area contributed by atoms with E-state index in [1.165, 1.54) is 18.2 Å². The summed E-state index contributed by atoms with van der Waals surface area (Å²) in [6.07, 6.45) is 3.71. The van der Waals surface area contributed by atoms with Gasteiger partial charge >= 0.3 is 0 Å². The van der Waals surface area contributed by atoms with Crippen molar-refractivity contribution in [2.75, 3.05) is 5.75 Å². The zero-order valence-corrected chi connectivity index (χ0v) is 12.6. The van der Waals surface area contributed by atoms with E-state index in [1.54, 1.807) is 0 Å². The summed E-state index contributed by atoms with van der Waals surface area (Å²) in [6, 6.07) is 3.59. The van der Waals surface area contributed by atoms with Crippen LogP contribution in [0, 0.1) is 5.82 Å². The largest absolute Gasteiger partial charge is 0.392 e. The minimum absolute atomic E-state index is 0.0410. The Kier molecular flexibility index (Phi) is 4.03. The first-order valence-corrected chi connectivity index (χ1v) is 9.09. The van der Waals surface area contributed by atoms with Crippen LogP contribution in [0.4, 0.5) is 4.39 Å². The van der Waals surface area contributed by atoms with Gasteiger partial charge in [0.1, 0.15) is 5.82 Å². The third kappa shape index (κ3) is 2.98. The van der Waals surface area contributed by atoms with Crippen LogP contribution in [0.15, 0.2) is 23.1 Å². The third-order valence-corrected chi connectivity index (χ3v) is 6.32. The maximum absolute atomic E-state index is 13.5. The molecule has 116 valence electrons. The summed E-state index contributed by atoms with van der Waals surface area (Å²) in [4.78, 5) is 0.220. The summed E-state index contributed by atoms with van der Waals surface area (Å²) in [5.74, 6) is -0.367. The van der Waals surface area contributed by atoms with Crippen molar-refractivity contribution in [1.82, 2.24) is 5.32 Å². The van der Waals surface area contributed by atoms with Gasteiger partial charge in [0.05, 0.1) is 16.8 Å². The summed E-state index contributed by atoms with van der Waals surface area (Å²) in [5, 5.41) is 13.4. The lowest BCUT2D eigenvalue weighted by Crippen LogP contribution is -2.45. The zero-order chi connectivity index (χ0) is 15.0. The molecule has 6 heteroatoms. The number of fused-ring (bicyclic) bond motifs is 1. The lowest BCUT2D eigenvalue weighted by Gasteiger charge is -2.34. The molecule has 1 fully saturated rings. The van der Waals surface area contributed by atoms with Crippen LogP contribution in [-0.4, -0.2) is 31.4 Å². The zero-order valence-electron chi connectivity index (χ0n) is 11.8. The number of halogens is 1. The maximum atomic E-state index is 13.5. The summed E-state index contributed by atoms with van der Waals surface area (Å²) in [5.41, 5.74) is 0.499. The smallest absolute Gasteiger partial charge is 0.178 e. The second kappa shape index (κ2) is 5.66. The SMILES string of the molecule is O=S1(=O)CCC(NC2CCCCC2O)c2cc(F)ccc21. The molecule has 2 N–H and O–H groups in total. The van der Waals surface area contributed by atoms with E-state index >= 15 is 0 Å². The van der Waals surface area contributed by atoms with Crippen molar-refractivity contribution in [2.45, 2.75) is 55.2 Å². The quantitative estimate of drug-likeness (QED) is 0.819. The standard InChI is InChI=1S/C15H20FNO3S/c16-10-5-6-15-11(9-10)12(7-8-21(15,19)20)17-13-3-1-2-4-14(13)18/h5-6,9,12-14,17-18H,1-4,7-8H2. The van der Waals surface area contributed by atoms with Crippen molar-refractivity contribution in [3.63, 3.8) is 0 Å². The topological polar surface area (TPSA) is 66.4 Å². The van der Waals surface area contributed by atoms with Crippen molar-refractivity contribution in [3.8, 4) is 0 Å². The Balaban J connectivity index is 1.89. The molecule has 0 amide bonds. The molecule has 0 aromatic heterocycles. The molecular formula is C15H20FNO3S. The summed E-state index contributed by atoms with van der Waals surface area (Å²) in [7, 11) is -3.32. The van der Waals surface area contributed by atoms with Gasteiger partial charge in [-0.05, 0) is 43.0 Å². The molecule has 1 aliphatic heterocycles. The molecule has 1 aromatic rings. The first kappa shape index (κ1) is 14.9. The van der Waals surface area contributed by atoms with E-state index in [1.807, 2.05) is 0 Å². The number of hydrogen-bond donors (Lipinski definition) is 2. The third-order valence-electron chi connectivity index (χ3n) is 4.50.